The molecule has 0 spiro atoms. The molecule has 11 heavy (non-hydrogen) atoms. The highest BCUT2D eigenvalue weighted by Crippen LogP contribution is 2.13. The summed E-state index contributed by atoms with van der Waals surface area (Å²) in [6.45, 7) is 5.38. The van der Waals surface area contributed by atoms with Gasteiger partial charge in [-0.1, -0.05) is 5.57 Å². The minimum atomic E-state index is 0.603. The molecule has 0 aliphatic carbocycles. The molecule has 2 nitrogen and oxygen atoms in total. The maximum atomic E-state index is 4.03. The molecule has 62 valence electrons. The lowest BCUT2D eigenvalue weighted by Crippen LogP contribution is -2.33. The fraction of sp³-hybridized carbons (Fsp3) is 0.667. The Kier molecular flexibility index (Phi) is 2.83. The lowest BCUT2D eigenvalue weighted by atomic mass is 9.99. The van der Waals surface area contributed by atoms with Crippen molar-refractivity contribution in [1.82, 2.24) is 5.32 Å². The van der Waals surface area contributed by atoms with Crippen LogP contribution in [0.25, 0.3) is 0 Å². The molecule has 0 aromatic rings. The molecular weight excluding hydrogens is 136 g/mol. The Bertz CT molecular complexity index is 192. The van der Waals surface area contributed by atoms with E-state index in [0.717, 1.165) is 13.0 Å². The third-order valence-corrected chi connectivity index (χ3v) is 2.07. The van der Waals surface area contributed by atoms with Crippen LogP contribution in [-0.4, -0.2) is 25.8 Å². The molecule has 2 heteroatoms. The molecule has 1 atom stereocenters. The van der Waals surface area contributed by atoms with E-state index in [1.807, 2.05) is 13.3 Å². The summed E-state index contributed by atoms with van der Waals surface area (Å²) in [6.07, 6.45) is 3.09. The van der Waals surface area contributed by atoms with Crippen LogP contribution < -0.4 is 5.32 Å². The average Bonchev–Trinajstić information content (AvgIpc) is 1.98. The summed E-state index contributed by atoms with van der Waals surface area (Å²) in [5, 5.41) is 3.40. The van der Waals surface area contributed by atoms with Crippen LogP contribution in [-0.2, 0) is 0 Å². The summed E-state index contributed by atoms with van der Waals surface area (Å²) < 4.78 is 0. The second-order valence-electron chi connectivity index (χ2n) is 3.18. The molecular formula is C9H16N2. The second kappa shape index (κ2) is 3.67. The first-order valence-corrected chi connectivity index (χ1v) is 4.08. The van der Waals surface area contributed by atoms with Gasteiger partial charge in [-0.15, -0.1) is 0 Å². The van der Waals surface area contributed by atoms with Gasteiger partial charge in [-0.2, -0.15) is 0 Å². The third kappa shape index (κ3) is 2.15. The lowest BCUT2D eigenvalue weighted by molar-refractivity contribution is 0.549. The second-order valence-corrected chi connectivity index (χ2v) is 3.18. The van der Waals surface area contributed by atoms with Crippen molar-refractivity contribution in [1.29, 1.82) is 0 Å². The Labute approximate surface area is 68.4 Å². The number of nitrogens with one attached hydrogen (secondary N) is 1. The van der Waals surface area contributed by atoms with E-state index in [1.54, 1.807) is 0 Å². The SMILES string of the molecule is CN=CC1=C(C)CNC(C)C1. The molecule has 1 aliphatic heterocycles. The van der Waals surface area contributed by atoms with Gasteiger partial charge in [0.2, 0.25) is 0 Å². The van der Waals surface area contributed by atoms with E-state index in [4.69, 9.17) is 0 Å². The zero-order valence-corrected chi connectivity index (χ0v) is 7.52. The van der Waals surface area contributed by atoms with Crippen LogP contribution in [0.1, 0.15) is 20.3 Å². The average molecular weight is 152 g/mol. The predicted octanol–water partition coefficient (Wildman–Crippen LogP) is 1.39. The van der Waals surface area contributed by atoms with E-state index in [0.29, 0.717) is 6.04 Å². The van der Waals surface area contributed by atoms with Gasteiger partial charge >= 0.3 is 0 Å². The first-order chi connectivity index (χ1) is 5.24. The highest BCUT2D eigenvalue weighted by molar-refractivity contribution is 5.80. The van der Waals surface area contributed by atoms with Crippen molar-refractivity contribution in [3.8, 4) is 0 Å². The Hall–Kier alpha value is -0.630. The molecule has 0 aromatic heterocycles. The number of hydrogen-bond acceptors (Lipinski definition) is 2. The third-order valence-electron chi connectivity index (χ3n) is 2.07. The summed E-state index contributed by atoms with van der Waals surface area (Å²) in [5.41, 5.74) is 2.83. The molecule has 1 rings (SSSR count). The van der Waals surface area contributed by atoms with Crippen LogP contribution in [0.4, 0.5) is 0 Å². The topological polar surface area (TPSA) is 24.4 Å². The van der Waals surface area contributed by atoms with Crippen molar-refractivity contribution in [3.05, 3.63) is 11.1 Å². The van der Waals surface area contributed by atoms with Crippen LogP contribution in [0, 0.1) is 0 Å². The first kappa shape index (κ1) is 8.47. The largest absolute Gasteiger partial charge is 0.310 e. The van der Waals surface area contributed by atoms with Crippen molar-refractivity contribution in [3.63, 3.8) is 0 Å². The quantitative estimate of drug-likeness (QED) is 0.564. The van der Waals surface area contributed by atoms with Crippen molar-refractivity contribution < 1.29 is 0 Å². The summed E-state index contributed by atoms with van der Waals surface area (Å²) in [6, 6.07) is 0.603. The van der Waals surface area contributed by atoms with E-state index in [2.05, 4.69) is 24.2 Å². The van der Waals surface area contributed by atoms with Gasteiger partial charge in [0.05, 0.1) is 0 Å². The highest BCUT2D eigenvalue weighted by atomic mass is 14.9. The van der Waals surface area contributed by atoms with Crippen molar-refractivity contribution in [2.24, 2.45) is 4.99 Å². The van der Waals surface area contributed by atoms with Gasteiger partial charge in [0.1, 0.15) is 0 Å². The highest BCUT2D eigenvalue weighted by Gasteiger charge is 2.11. The summed E-state index contributed by atoms with van der Waals surface area (Å²) in [7, 11) is 1.83. The van der Waals surface area contributed by atoms with Crippen molar-refractivity contribution in [2.45, 2.75) is 26.3 Å². The van der Waals surface area contributed by atoms with E-state index < -0.39 is 0 Å². The Morgan fingerprint density at radius 2 is 2.36 bits per heavy atom. The van der Waals surface area contributed by atoms with E-state index in [9.17, 15) is 0 Å². The van der Waals surface area contributed by atoms with E-state index in [1.165, 1.54) is 11.1 Å². The molecule has 1 aliphatic rings. The number of nitrogens with zero attached hydrogens (tertiary/aromatic N) is 1. The lowest BCUT2D eigenvalue weighted by Gasteiger charge is -2.22. The van der Waals surface area contributed by atoms with Crippen molar-refractivity contribution in [2.75, 3.05) is 13.6 Å². The van der Waals surface area contributed by atoms with E-state index >= 15 is 0 Å². The van der Waals surface area contributed by atoms with Crippen LogP contribution in [0.3, 0.4) is 0 Å². The maximum absolute atomic E-state index is 4.03. The molecule has 1 unspecified atom stereocenters. The number of hydrogen-bond donors (Lipinski definition) is 1. The Morgan fingerprint density at radius 3 is 3.00 bits per heavy atom. The predicted molar refractivity (Wildman–Crippen MR) is 49.2 cm³/mol. The molecule has 0 fully saturated rings. The molecule has 0 amide bonds. The van der Waals surface area contributed by atoms with Gasteiger partial charge in [-0.05, 0) is 25.8 Å². The normalized spacial score (nSPS) is 26.6. The van der Waals surface area contributed by atoms with Crippen LogP contribution in [0.5, 0.6) is 0 Å². The van der Waals surface area contributed by atoms with Gasteiger partial charge in [0, 0.05) is 25.8 Å². The fourth-order valence-corrected chi connectivity index (χ4v) is 1.34. The maximum Gasteiger partial charge on any atom is 0.0277 e. The molecule has 0 radical (unpaired) electrons. The molecule has 0 saturated carbocycles. The molecule has 0 aromatic carbocycles. The van der Waals surface area contributed by atoms with Gasteiger partial charge < -0.3 is 5.32 Å². The summed E-state index contributed by atoms with van der Waals surface area (Å²) >= 11 is 0. The van der Waals surface area contributed by atoms with Crippen LogP contribution in [0.2, 0.25) is 0 Å². The Morgan fingerprint density at radius 1 is 1.64 bits per heavy atom. The Balaban J connectivity index is 2.71. The van der Waals surface area contributed by atoms with Gasteiger partial charge in [-0.3, -0.25) is 4.99 Å². The number of aliphatic imine (C=N–C) groups is 1. The number of rotatable bonds is 1. The van der Waals surface area contributed by atoms with Crippen LogP contribution in [0.15, 0.2) is 16.1 Å². The minimum Gasteiger partial charge on any atom is -0.310 e. The van der Waals surface area contributed by atoms with Gasteiger partial charge in [0.25, 0.3) is 0 Å². The van der Waals surface area contributed by atoms with E-state index in [-0.39, 0.29) is 0 Å². The molecule has 1 heterocycles. The minimum absolute atomic E-state index is 0.603. The zero-order chi connectivity index (χ0) is 8.27. The smallest absolute Gasteiger partial charge is 0.0277 e. The fourth-order valence-electron chi connectivity index (χ4n) is 1.34. The molecule has 0 bridgehead atoms. The monoisotopic (exact) mass is 152 g/mol. The van der Waals surface area contributed by atoms with Crippen LogP contribution >= 0.6 is 0 Å². The first-order valence-electron chi connectivity index (χ1n) is 4.08. The zero-order valence-electron chi connectivity index (χ0n) is 7.52. The van der Waals surface area contributed by atoms with Gasteiger partial charge in [0.15, 0.2) is 0 Å². The van der Waals surface area contributed by atoms with Crippen molar-refractivity contribution >= 4 is 6.21 Å². The standard InChI is InChI=1S/C9H16N2/c1-7-5-11-8(2)4-9(7)6-10-3/h6,8,11H,4-5H2,1-3H3. The molecule has 1 N–H and O–H groups in total. The van der Waals surface area contributed by atoms with Gasteiger partial charge in [-0.25, -0.2) is 0 Å². The summed E-state index contributed by atoms with van der Waals surface area (Å²) in [4.78, 5) is 4.03. The summed E-state index contributed by atoms with van der Waals surface area (Å²) in [5.74, 6) is 0. The molecule has 0 saturated heterocycles.